The largest absolute Gasteiger partial charge is 0.460 e. The average molecular weight is 966 g/mol. The molecule has 17 nitrogen and oxygen atoms in total. The number of ether oxygens (including phenoxy) is 5. The summed E-state index contributed by atoms with van der Waals surface area (Å²) >= 11 is 0. The molecule has 2 N–H and O–H groups in total. The van der Waals surface area contributed by atoms with Crippen LogP contribution < -0.4 is 0 Å². The molecule has 2 bridgehead atoms. The van der Waals surface area contributed by atoms with Gasteiger partial charge in [0.1, 0.15) is 24.6 Å². The minimum atomic E-state index is -2.86. The summed E-state index contributed by atoms with van der Waals surface area (Å²) in [5, 5.41) is 35.4. The van der Waals surface area contributed by atoms with Crippen molar-refractivity contribution in [2.45, 2.75) is 180 Å². The summed E-state index contributed by atoms with van der Waals surface area (Å²) in [7, 11) is 4.61. The summed E-state index contributed by atoms with van der Waals surface area (Å²) in [5.74, 6) is -7.95. The highest BCUT2D eigenvalue weighted by Gasteiger charge is 2.55. The number of cyclic esters (lactones) is 1. The maximum Gasteiger partial charge on any atom is 0.329 e. The van der Waals surface area contributed by atoms with Crippen LogP contribution in [0.2, 0.25) is 0 Å². The van der Waals surface area contributed by atoms with Gasteiger partial charge in [0.25, 0.3) is 5.91 Å². The number of rotatable bonds is 7. The molecule has 4 aliphatic rings. The fourth-order valence-corrected chi connectivity index (χ4v) is 10.7. The summed E-state index contributed by atoms with van der Waals surface area (Å²) < 4.78 is 31.7. The van der Waals surface area contributed by atoms with E-state index in [0.29, 0.717) is 50.5 Å². The van der Waals surface area contributed by atoms with E-state index in [1.165, 1.54) is 12.0 Å². The van der Waals surface area contributed by atoms with Gasteiger partial charge in [-0.25, -0.2) is 9.48 Å². The predicted molar refractivity (Wildman–Crippen MR) is 256 cm³/mol. The Bertz CT molecular complexity index is 2020. The van der Waals surface area contributed by atoms with Gasteiger partial charge in [0.15, 0.2) is 11.6 Å². The predicted octanol–water partition coefficient (Wildman–Crippen LogP) is 6.05. The Morgan fingerprint density at radius 2 is 1.64 bits per heavy atom. The zero-order chi connectivity index (χ0) is 50.6. The molecular formula is C52H79N5O12. The standard InChI is InChI=1S/C52H79N5O12/c1-31-16-12-11-13-17-32(2)43(65-8)28-39-21-19-33(3)49(61)52(64,69-39)51(63)56-23-15-14-18-41(56)50(62)68-44(35(5)26-38-20-22-40(45(27-38)66-9)57-30-53-54-55-57)29-42(58)34(4)25-37(7)47(60)48(67-10)46(59)36(6)24-31/h11-13,16-17,25,30-31,33,35-41,43-45,47-48,60,64H,14-15,18-24,26-29H2,1-10H3/t31-,33-,35-,36+,37?,38+,39?,40+,41?,43+,44+,45-,47-,48+,52?/m1/s1. The van der Waals surface area contributed by atoms with Crippen LogP contribution in [0.3, 0.4) is 0 Å². The van der Waals surface area contributed by atoms with Crippen molar-refractivity contribution in [3.63, 3.8) is 0 Å². The van der Waals surface area contributed by atoms with Gasteiger partial charge in [-0.15, -0.1) is 5.10 Å². The van der Waals surface area contributed by atoms with Crippen LogP contribution in [0, 0.1) is 35.5 Å². The summed E-state index contributed by atoms with van der Waals surface area (Å²) in [6.07, 6.45) is 13.4. The van der Waals surface area contributed by atoms with Gasteiger partial charge in [0.2, 0.25) is 5.78 Å². The number of tetrazole rings is 1. The topological polar surface area (TPSA) is 219 Å². The van der Waals surface area contributed by atoms with Crippen molar-refractivity contribution in [3.05, 3.63) is 53.9 Å². The molecule has 4 unspecified atom stereocenters. The molecule has 1 aliphatic carbocycles. The Morgan fingerprint density at radius 1 is 0.884 bits per heavy atom. The van der Waals surface area contributed by atoms with E-state index in [0.717, 1.165) is 18.4 Å². The molecule has 2 saturated heterocycles. The number of nitrogens with zero attached hydrogens (tertiary/aromatic N) is 5. The smallest absolute Gasteiger partial charge is 0.329 e. The number of aliphatic hydroxyl groups is 2. The van der Waals surface area contributed by atoms with E-state index >= 15 is 0 Å². The first-order chi connectivity index (χ1) is 32.8. The minimum Gasteiger partial charge on any atom is -0.460 e. The van der Waals surface area contributed by atoms with E-state index < -0.39 is 77.8 Å². The van der Waals surface area contributed by atoms with E-state index in [1.807, 2.05) is 58.1 Å². The second kappa shape index (κ2) is 25.7. The molecule has 17 heteroatoms. The highest BCUT2D eigenvalue weighted by atomic mass is 16.6. The molecule has 0 aromatic carbocycles. The molecule has 4 heterocycles. The molecule has 0 spiro atoms. The van der Waals surface area contributed by atoms with Gasteiger partial charge in [-0.1, -0.05) is 71.1 Å². The first-order valence-corrected chi connectivity index (χ1v) is 25.0. The van der Waals surface area contributed by atoms with Crippen LogP contribution in [0.5, 0.6) is 0 Å². The molecule has 5 rings (SSSR count). The van der Waals surface area contributed by atoms with Crippen molar-refractivity contribution in [1.82, 2.24) is 25.1 Å². The van der Waals surface area contributed by atoms with Gasteiger partial charge in [0.05, 0.1) is 30.5 Å². The number of aliphatic hydroxyl groups excluding tert-OH is 1. The monoisotopic (exact) mass is 966 g/mol. The third kappa shape index (κ3) is 14.2. The molecule has 384 valence electrons. The van der Waals surface area contributed by atoms with Crippen LogP contribution >= 0.6 is 0 Å². The summed E-state index contributed by atoms with van der Waals surface area (Å²) in [5.41, 5.74) is 1.17. The molecule has 3 fully saturated rings. The molecule has 3 aliphatic heterocycles. The van der Waals surface area contributed by atoms with Gasteiger partial charge < -0.3 is 38.8 Å². The average Bonchev–Trinajstić information content (AvgIpc) is 3.85. The Kier molecular flexibility index (Phi) is 20.8. The molecular weight excluding hydrogens is 887 g/mol. The minimum absolute atomic E-state index is 0.0151. The first kappa shape index (κ1) is 55.7. The number of esters is 1. The zero-order valence-corrected chi connectivity index (χ0v) is 42.5. The number of amides is 1. The number of Topliss-reactive ketones (excluding diaryl/α,β-unsaturated/α-hetero) is 3. The highest BCUT2D eigenvalue weighted by Crippen LogP contribution is 2.39. The van der Waals surface area contributed by atoms with E-state index in [9.17, 15) is 34.2 Å². The number of hydrogen-bond donors (Lipinski definition) is 2. The number of allylic oxidation sites excluding steroid dienone is 6. The number of carbonyl (C=O) groups excluding carboxylic acids is 5. The molecule has 1 aromatic rings. The van der Waals surface area contributed by atoms with Gasteiger partial charge in [-0.2, -0.15) is 0 Å². The van der Waals surface area contributed by atoms with E-state index in [-0.39, 0.29) is 67.3 Å². The number of piperidine rings is 1. The Morgan fingerprint density at radius 3 is 2.32 bits per heavy atom. The van der Waals surface area contributed by atoms with Crippen LogP contribution in [0.25, 0.3) is 0 Å². The molecule has 69 heavy (non-hydrogen) atoms. The number of fused-ring (bicyclic) bond motifs is 3. The molecule has 15 atom stereocenters. The second-order valence-corrected chi connectivity index (χ2v) is 20.4. The van der Waals surface area contributed by atoms with Crippen molar-refractivity contribution < 1.29 is 57.9 Å². The molecule has 0 radical (unpaired) electrons. The number of aromatic nitrogens is 4. The molecule has 1 amide bonds. The Labute approximate surface area is 408 Å². The maximum absolute atomic E-state index is 14.7. The lowest BCUT2D eigenvalue weighted by Gasteiger charge is -2.40. The number of hydrogen-bond acceptors (Lipinski definition) is 15. The van der Waals surface area contributed by atoms with Crippen molar-refractivity contribution in [2.24, 2.45) is 35.5 Å². The second-order valence-electron chi connectivity index (χ2n) is 20.4. The van der Waals surface area contributed by atoms with Gasteiger partial charge in [-0.05, 0) is 117 Å². The summed E-state index contributed by atoms with van der Waals surface area (Å²) in [4.78, 5) is 72.6. The fraction of sp³-hybridized carbons (Fsp3) is 0.731. The SMILES string of the molecule is CO[C@H]1CC2CC[C@@H](C)C(=O)C(O)(O2)C(=O)N2CCCCC2C(=O)O[C@H]([C@H](C)C[C@@H]2CC[C@H](n3cnnn3)[C@H](OC)C2)CC(=O)C(C)=CC(C)[C@@H](O)[C@@H](OC)C(=O)[C@@H](C)C[C@H](C)C=CC=CC=C1C. The van der Waals surface area contributed by atoms with Crippen LogP contribution in [-0.2, 0) is 47.7 Å². The zero-order valence-electron chi connectivity index (χ0n) is 42.5. The maximum atomic E-state index is 14.7. The number of carbonyl (C=O) groups is 5. The molecule has 1 aromatic heterocycles. The fourth-order valence-electron chi connectivity index (χ4n) is 10.7. The lowest BCUT2D eigenvalue weighted by Crippen LogP contribution is -2.62. The van der Waals surface area contributed by atoms with E-state index in [1.54, 1.807) is 52.1 Å². The van der Waals surface area contributed by atoms with Crippen molar-refractivity contribution >= 4 is 29.2 Å². The van der Waals surface area contributed by atoms with Crippen molar-refractivity contribution in [3.8, 4) is 0 Å². The lowest BCUT2D eigenvalue weighted by atomic mass is 9.77. The van der Waals surface area contributed by atoms with E-state index in [4.69, 9.17) is 23.7 Å². The molecule has 1 saturated carbocycles. The normalized spacial score (nSPS) is 36.3. The quantitative estimate of drug-likeness (QED) is 0.235. The lowest BCUT2D eigenvalue weighted by molar-refractivity contribution is -0.231. The summed E-state index contributed by atoms with van der Waals surface area (Å²) in [6.45, 7) is 12.8. The number of methoxy groups -OCH3 is 3. The third-order valence-corrected chi connectivity index (χ3v) is 15.1. The Balaban J connectivity index is 1.49. The van der Waals surface area contributed by atoms with Crippen molar-refractivity contribution in [2.75, 3.05) is 27.9 Å². The van der Waals surface area contributed by atoms with Gasteiger partial charge in [0, 0.05) is 58.5 Å². The Hall–Kier alpha value is -4.26. The van der Waals surface area contributed by atoms with Crippen LogP contribution in [-0.4, -0.2) is 141 Å². The van der Waals surface area contributed by atoms with Crippen molar-refractivity contribution in [1.29, 1.82) is 0 Å². The van der Waals surface area contributed by atoms with Gasteiger partial charge in [-0.3, -0.25) is 19.2 Å². The van der Waals surface area contributed by atoms with Crippen LogP contribution in [0.1, 0.15) is 132 Å². The van der Waals surface area contributed by atoms with Crippen LogP contribution in [0.4, 0.5) is 0 Å². The highest BCUT2D eigenvalue weighted by molar-refractivity contribution is 6.09. The van der Waals surface area contributed by atoms with Gasteiger partial charge >= 0.3 is 11.8 Å². The number of ketones is 3. The van der Waals surface area contributed by atoms with Crippen LogP contribution in [0.15, 0.2) is 53.9 Å². The first-order valence-electron chi connectivity index (χ1n) is 25.0. The van der Waals surface area contributed by atoms with E-state index in [2.05, 4.69) is 15.5 Å². The third-order valence-electron chi connectivity index (χ3n) is 15.1. The summed E-state index contributed by atoms with van der Waals surface area (Å²) in [6, 6.07) is -1.22.